The lowest BCUT2D eigenvalue weighted by Gasteiger charge is -2.23. The highest BCUT2D eigenvalue weighted by atomic mass is 35.5. The first kappa shape index (κ1) is 19.4. The second-order valence-corrected chi connectivity index (χ2v) is 7.62. The van der Waals surface area contributed by atoms with Crippen LogP contribution in [0, 0.1) is 0 Å². The van der Waals surface area contributed by atoms with Gasteiger partial charge in [0.15, 0.2) is 11.4 Å². The molecule has 1 aliphatic rings. The molecule has 1 heterocycles. The second-order valence-electron chi connectivity index (χ2n) is 7.18. The molecule has 0 fully saturated rings. The Hall–Kier alpha value is -2.95. The van der Waals surface area contributed by atoms with Crippen molar-refractivity contribution in [2.24, 2.45) is 0 Å². The van der Waals surface area contributed by atoms with Gasteiger partial charge in [0.1, 0.15) is 0 Å². The standard InChI is InChI=1S/C24H20ClNO3/c25-19-11-12-21-20(15-19)24(29,16-22(27)18-9-5-2-6-10-18)23(28)26(21)14-13-17-7-3-1-4-8-17/h1-12,15,29H,13-14,16H2/t24-/m0/s1. The Labute approximate surface area is 174 Å². The Morgan fingerprint density at radius 2 is 1.62 bits per heavy atom. The summed E-state index contributed by atoms with van der Waals surface area (Å²) in [5, 5.41) is 11.8. The largest absolute Gasteiger partial charge is 0.375 e. The van der Waals surface area contributed by atoms with Crippen molar-refractivity contribution in [3.63, 3.8) is 0 Å². The van der Waals surface area contributed by atoms with E-state index in [0.29, 0.717) is 34.8 Å². The Bertz CT molecular complexity index is 1050. The molecule has 0 bridgehead atoms. The van der Waals surface area contributed by atoms with E-state index >= 15 is 0 Å². The van der Waals surface area contributed by atoms with Crippen LogP contribution in [-0.4, -0.2) is 23.3 Å². The third-order valence-electron chi connectivity index (χ3n) is 5.27. The first-order valence-electron chi connectivity index (χ1n) is 9.45. The zero-order valence-corrected chi connectivity index (χ0v) is 16.5. The van der Waals surface area contributed by atoms with Crippen LogP contribution in [0.4, 0.5) is 5.69 Å². The molecular formula is C24H20ClNO3. The van der Waals surface area contributed by atoms with Gasteiger partial charge >= 0.3 is 0 Å². The topological polar surface area (TPSA) is 57.6 Å². The van der Waals surface area contributed by atoms with Gasteiger partial charge in [0, 0.05) is 22.7 Å². The number of carbonyl (C=O) groups excluding carboxylic acids is 2. The van der Waals surface area contributed by atoms with Gasteiger partial charge in [-0.25, -0.2) is 0 Å². The normalized spacial score (nSPS) is 18.0. The van der Waals surface area contributed by atoms with Gasteiger partial charge in [-0.05, 0) is 30.2 Å². The van der Waals surface area contributed by atoms with Crippen molar-refractivity contribution in [2.75, 3.05) is 11.4 Å². The Kier molecular flexibility index (Phi) is 5.22. The predicted octanol–water partition coefficient (Wildman–Crippen LogP) is 4.39. The van der Waals surface area contributed by atoms with Crippen molar-refractivity contribution in [1.29, 1.82) is 0 Å². The number of aliphatic hydroxyl groups is 1. The van der Waals surface area contributed by atoms with Crippen LogP contribution >= 0.6 is 11.6 Å². The molecule has 29 heavy (non-hydrogen) atoms. The molecule has 0 spiro atoms. The van der Waals surface area contributed by atoms with E-state index in [1.165, 1.54) is 0 Å². The number of carbonyl (C=O) groups is 2. The summed E-state index contributed by atoms with van der Waals surface area (Å²) in [6.45, 7) is 0.402. The zero-order valence-electron chi connectivity index (χ0n) is 15.7. The van der Waals surface area contributed by atoms with Crippen LogP contribution < -0.4 is 4.90 Å². The van der Waals surface area contributed by atoms with Gasteiger partial charge in [0.25, 0.3) is 5.91 Å². The van der Waals surface area contributed by atoms with Crippen molar-refractivity contribution < 1.29 is 14.7 Å². The van der Waals surface area contributed by atoms with Crippen LogP contribution in [-0.2, 0) is 16.8 Å². The van der Waals surface area contributed by atoms with Crippen molar-refractivity contribution in [1.82, 2.24) is 0 Å². The predicted molar refractivity (Wildman–Crippen MR) is 113 cm³/mol. The van der Waals surface area contributed by atoms with Crippen molar-refractivity contribution in [3.05, 3.63) is 101 Å². The summed E-state index contributed by atoms with van der Waals surface area (Å²) in [6.07, 6.45) is 0.308. The third-order valence-corrected chi connectivity index (χ3v) is 5.51. The summed E-state index contributed by atoms with van der Waals surface area (Å²) in [5.74, 6) is -0.785. The van der Waals surface area contributed by atoms with Crippen molar-refractivity contribution in [3.8, 4) is 0 Å². The first-order valence-corrected chi connectivity index (χ1v) is 9.83. The number of hydrogen-bond acceptors (Lipinski definition) is 3. The third kappa shape index (κ3) is 3.69. The quantitative estimate of drug-likeness (QED) is 0.619. The van der Waals surface area contributed by atoms with Gasteiger partial charge < -0.3 is 10.0 Å². The fraction of sp³-hybridized carbons (Fsp3) is 0.167. The highest BCUT2D eigenvalue weighted by molar-refractivity contribution is 6.31. The van der Waals surface area contributed by atoms with Crippen LogP contribution in [0.5, 0.6) is 0 Å². The molecule has 1 atom stereocenters. The lowest BCUT2D eigenvalue weighted by atomic mass is 9.88. The van der Waals surface area contributed by atoms with E-state index in [-0.39, 0.29) is 12.2 Å². The van der Waals surface area contributed by atoms with E-state index < -0.39 is 11.5 Å². The van der Waals surface area contributed by atoms with Crippen molar-refractivity contribution >= 4 is 29.0 Å². The fourth-order valence-electron chi connectivity index (χ4n) is 3.76. The SMILES string of the molecule is O=C(C[C@@]1(O)C(=O)N(CCc2ccccc2)c2ccc(Cl)cc21)c1ccccc1. The Morgan fingerprint density at radius 1 is 0.966 bits per heavy atom. The molecule has 146 valence electrons. The van der Waals surface area contributed by atoms with Gasteiger partial charge in [0.05, 0.1) is 12.1 Å². The molecule has 1 aliphatic heterocycles. The lowest BCUT2D eigenvalue weighted by Crippen LogP contribution is -2.42. The van der Waals surface area contributed by atoms with Gasteiger partial charge in [-0.1, -0.05) is 72.3 Å². The molecule has 0 saturated carbocycles. The molecular weight excluding hydrogens is 386 g/mol. The second kappa shape index (κ2) is 7.82. The fourth-order valence-corrected chi connectivity index (χ4v) is 3.93. The number of nitrogens with zero attached hydrogens (tertiary/aromatic N) is 1. The number of benzene rings is 3. The minimum Gasteiger partial charge on any atom is -0.375 e. The molecule has 0 aromatic heterocycles. The molecule has 4 rings (SSSR count). The van der Waals surface area contributed by atoms with Crippen LogP contribution in [0.25, 0.3) is 0 Å². The molecule has 4 nitrogen and oxygen atoms in total. The number of rotatable bonds is 6. The zero-order chi connectivity index (χ0) is 20.4. The molecule has 3 aromatic rings. The van der Waals surface area contributed by atoms with Gasteiger partial charge in [0.2, 0.25) is 0 Å². The smallest absolute Gasteiger partial charge is 0.264 e. The minimum atomic E-state index is -1.93. The summed E-state index contributed by atoms with van der Waals surface area (Å²) in [5.41, 5.74) is 0.599. The summed E-state index contributed by atoms with van der Waals surface area (Å²) in [4.78, 5) is 27.6. The van der Waals surface area contributed by atoms with Gasteiger partial charge in [-0.15, -0.1) is 0 Å². The molecule has 0 saturated heterocycles. The van der Waals surface area contributed by atoms with Crippen LogP contribution in [0.1, 0.15) is 27.9 Å². The van der Waals surface area contributed by atoms with E-state index in [1.54, 1.807) is 47.4 Å². The number of fused-ring (bicyclic) bond motifs is 1. The maximum absolute atomic E-state index is 13.3. The number of hydrogen-bond donors (Lipinski definition) is 1. The van der Waals surface area contributed by atoms with E-state index in [0.717, 1.165) is 5.56 Å². The van der Waals surface area contributed by atoms with Crippen LogP contribution in [0.3, 0.4) is 0 Å². The number of anilines is 1. The molecule has 1 N–H and O–H groups in total. The van der Waals surface area contributed by atoms with Gasteiger partial charge in [-0.3, -0.25) is 9.59 Å². The Balaban J connectivity index is 1.65. The maximum atomic E-state index is 13.3. The van der Waals surface area contributed by atoms with Crippen LogP contribution in [0.2, 0.25) is 5.02 Å². The monoisotopic (exact) mass is 405 g/mol. The molecule has 1 amide bonds. The lowest BCUT2D eigenvalue weighted by molar-refractivity contribution is -0.135. The van der Waals surface area contributed by atoms with E-state index in [1.807, 2.05) is 36.4 Å². The van der Waals surface area contributed by atoms with Gasteiger partial charge in [-0.2, -0.15) is 0 Å². The number of Topliss-reactive ketones (excluding diaryl/α,β-unsaturated/α-hetero) is 1. The molecule has 5 heteroatoms. The number of amides is 1. The molecule has 3 aromatic carbocycles. The molecule has 0 unspecified atom stereocenters. The van der Waals surface area contributed by atoms with Crippen LogP contribution in [0.15, 0.2) is 78.9 Å². The average molecular weight is 406 g/mol. The molecule has 0 aliphatic carbocycles. The first-order chi connectivity index (χ1) is 14.0. The van der Waals surface area contributed by atoms with E-state index in [9.17, 15) is 14.7 Å². The highest BCUT2D eigenvalue weighted by Gasteiger charge is 2.50. The van der Waals surface area contributed by atoms with E-state index in [4.69, 9.17) is 11.6 Å². The number of halogens is 1. The summed E-state index contributed by atoms with van der Waals surface area (Å²) in [7, 11) is 0. The average Bonchev–Trinajstić information content (AvgIpc) is 2.94. The summed E-state index contributed by atoms with van der Waals surface area (Å²) < 4.78 is 0. The van der Waals surface area contributed by atoms with Crippen molar-refractivity contribution in [2.45, 2.75) is 18.4 Å². The number of ketones is 1. The highest BCUT2D eigenvalue weighted by Crippen LogP contribution is 2.44. The maximum Gasteiger partial charge on any atom is 0.264 e. The van der Waals surface area contributed by atoms with E-state index in [2.05, 4.69) is 0 Å². The molecule has 0 radical (unpaired) electrons. The summed E-state index contributed by atoms with van der Waals surface area (Å²) >= 11 is 6.15. The Morgan fingerprint density at radius 3 is 2.31 bits per heavy atom. The minimum absolute atomic E-state index is 0.294. The summed E-state index contributed by atoms with van der Waals surface area (Å²) in [6, 6.07) is 23.5.